The Morgan fingerprint density at radius 2 is 1.02 bits per heavy atom. The Labute approximate surface area is 267 Å². The molecule has 0 spiro atoms. The smallest absolute Gasteiger partial charge is 0.170 e. The molecule has 0 radical (unpaired) electrons. The maximum atomic E-state index is 12.9. The first kappa shape index (κ1) is 35.3. The first-order valence-corrected chi connectivity index (χ1v) is 17.6. The van der Waals surface area contributed by atoms with Crippen LogP contribution in [0.15, 0.2) is 72.8 Å². The van der Waals surface area contributed by atoms with Crippen molar-refractivity contribution in [2.75, 3.05) is 6.61 Å². The number of ether oxygens (including phenoxy) is 1. The largest absolute Gasteiger partial charge is 0.494 e. The van der Waals surface area contributed by atoms with E-state index in [1.165, 1.54) is 95.5 Å². The molecular weight excluding hydrogens is 540 g/mol. The molecule has 0 N–H and O–H groups in total. The summed E-state index contributed by atoms with van der Waals surface area (Å²) in [6.07, 6.45) is 21.8. The lowest BCUT2D eigenvalue weighted by molar-refractivity contribution is 0.0894. The van der Waals surface area contributed by atoms with Gasteiger partial charge in [0.25, 0.3) is 0 Å². The van der Waals surface area contributed by atoms with E-state index in [0.29, 0.717) is 23.5 Å². The van der Waals surface area contributed by atoms with Crippen molar-refractivity contribution in [1.82, 2.24) is 0 Å². The molecule has 3 aromatic carbocycles. The van der Waals surface area contributed by atoms with Crippen molar-refractivity contribution in [1.29, 1.82) is 0 Å². The van der Waals surface area contributed by atoms with E-state index in [1.807, 2.05) is 36.4 Å². The quantitative estimate of drug-likeness (QED) is 0.0587. The third kappa shape index (κ3) is 13.6. The summed E-state index contributed by atoms with van der Waals surface area (Å²) in [4.78, 5) is 25.8. The first-order chi connectivity index (χ1) is 21.6. The van der Waals surface area contributed by atoms with Crippen LogP contribution in [0.25, 0.3) is 11.1 Å². The number of carbonyl (C=O) groups excluding carboxylic acids is 2. The van der Waals surface area contributed by atoms with E-state index in [0.717, 1.165) is 30.4 Å². The van der Waals surface area contributed by atoms with Crippen molar-refractivity contribution in [3.63, 3.8) is 0 Å². The summed E-state index contributed by atoms with van der Waals surface area (Å²) in [5.74, 6) is 0.351. The number of Topliss-reactive ketones (excluding diaryl/α,β-unsaturated/α-hetero) is 2. The average molecular weight is 597 g/mol. The van der Waals surface area contributed by atoms with E-state index >= 15 is 0 Å². The van der Waals surface area contributed by atoms with Crippen molar-refractivity contribution in [3.05, 3.63) is 89.5 Å². The van der Waals surface area contributed by atoms with Gasteiger partial charge in [0.1, 0.15) is 5.75 Å². The maximum absolute atomic E-state index is 12.9. The first-order valence-electron chi connectivity index (χ1n) is 17.6. The van der Waals surface area contributed by atoms with Crippen LogP contribution in [0.3, 0.4) is 0 Å². The summed E-state index contributed by atoms with van der Waals surface area (Å²) in [5.41, 5.74) is 4.69. The minimum atomic E-state index is -0.179. The van der Waals surface area contributed by atoms with Crippen molar-refractivity contribution < 1.29 is 14.3 Å². The topological polar surface area (TPSA) is 43.4 Å². The fourth-order valence-corrected chi connectivity index (χ4v) is 5.71. The SMILES string of the molecule is CCCCCCCCCCCCc1ccc(-c2ccc(C(=O)CC(=O)c3cccc(OCCCCCCCC)c3)cc2)cc1. The molecule has 0 bridgehead atoms. The lowest BCUT2D eigenvalue weighted by Crippen LogP contribution is -2.09. The number of carbonyl (C=O) groups is 2. The van der Waals surface area contributed by atoms with Crippen LogP contribution in [0.2, 0.25) is 0 Å². The predicted octanol–water partition coefficient (Wildman–Crippen LogP) is 12.0. The molecule has 0 amide bonds. The second-order valence-corrected chi connectivity index (χ2v) is 12.4. The molecule has 3 aromatic rings. The maximum Gasteiger partial charge on any atom is 0.170 e. The molecular formula is C41H56O3. The summed E-state index contributed by atoms with van der Waals surface area (Å²) in [5, 5.41) is 0. The highest BCUT2D eigenvalue weighted by Crippen LogP contribution is 2.23. The van der Waals surface area contributed by atoms with Gasteiger partial charge in [-0.25, -0.2) is 0 Å². The monoisotopic (exact) mass is 596 g/mol. The molecule has 0 aromatic heterocycles. The zero-order valence-corrected chi connectivity index (χ0v) is 27.6. The zero-order valence-electron chi connectivity index (χ0n) is 27.6. The molecule has 238 valence electrons. The van der Waals surface area contributed by atoms with E-state index in [9.17, 15) is 9.59 Å². The molecule has 0 unspecified atom stereocenters. The van der Waals surface area contributed by atoms with Gasteiger partial charge < -0.3 is 4.74 Å². The van der Waals surface area contributed by atoms with Crippen molar-refractivity contribution >= 4 is 11.6 Å². The summed E-state index contributed by atoms with van der Waals surface area (Å²) < 4.78 is 5.87. The van der Waals surface area contributed by atoms with E-state index in [-0.39, 0.29) is 18.0 Å². The van der Waals surface area contributed by atoms with Gasteiger partial charge in [-0.05, 0) is 48.1 Å². The van der Waals surface area contributed by atoms with Gasteiger partial charge in [-0.2, -0.15) is 0 Å². The highest BCUT2D eigenvalue weighted by atomic mass is 16.5. The highest BCUT2D eigenvalue weighted by molar-refractivity contribution is 6.13. The van der Waals surface area contributed by atoms with Crippen LogP contribution in [-0.2, 0) is 6.42 Å². The normalized spacial score (nSPS) is 11.0. The van der Waals surface area contributed by atoms with Gasteiger partial charge >= 0.3 is 0 Å². The van der Waals surface area contributed by atoms with Crippen LogP contribution in [0.4, 0.5) is 0 Å². The zero-order chi connectivity index (χ0) is 31.2. The summed E-state index contributed by atoms with van der Waals surface area (Å²) in [6.45, 7) is 5.15. The molecule has 0 aliphatic carbocycles. The lowest BCUT2D eigenvalue weighted by Gasteiger charge is -2.08. The molecule has 3 heteroatoms. The van der Waals surface area contributed by atoms with Gasteiger partial charge in [-0.15, -0.1) is 0 Å². The molecule has 0 aliphatic heterocycles. The predicted molar refractivity (Wildman–Crippen MR) is 186 cm³/mol. The Bertz CT molecular complexity index is 1210. The molecule has 3 rings (SSSR count). The Morgan fingerprint density at radius 3 is 1.61 bits per heavy atom. The lowest BCUT2D eigenvalue weighted by atomic mass is 9.97. The van der Waals surface area contributed by atoms with Gasteiger partial charge in [0.2, 0.25) is 0 Å². The van der Waals surface area contributed by atoms with Gasteiger partial charge in [-0.1, -0.05) is 164 Å². The third-order valence-electron chi connectivity index (χ3n) is 8.56. The second kappa shape index (κ2) is 21.5. The molecule has 0 atom stereocenters. The standard InChI is InChI=1S/C41H56O3/c1-3-5-7-9-11-12-13-14-15-17-20-34-23-25-35(26-24-34)36-27-29-37(30-28-36)40(42)33-41(43)38-21-19-22-39(32-38)44-31-18-16-10-8-6-4-2/h19,21-30,32H,3-18,20,31,33H2,1-2H3. The molecule has 0 aliphatic rings. The third-order valence-corrected chi connectivity index (χ3v) is 8.56. The van der Waals surface area contributed by atoms with E-state index in [4.69, 9.17) is 4.74 Å². The van der Waals surface area contributed by atoms with Crippen LogP contribution < -0.4 is 4.74 Å². The Morgan fingerprint density at radius 1 is 0.523 bits per heavy atom. The number of rotatable bonds is 24. The van der Waals surface area contributed by atoms with Crippen LogP contribution in [-0.4, -0.2) is 18.2 Å². The van der Waals surface area contributed by atoms with Crippen molar-refractivity contribution in [2.24, 2.45) is 0 Å². The molecule has 0 saturated heterocycles. The number of hydrogen-bond donors (Lipinski definition) is 0. The number of unbranched alkanes of at least 4 members (excludes halogenated alkanes) is 14. The Kier molecular flexibility index (Phi) is 17.2. The highest BCUT2D eigenvalue weighted by Gasteiger charge is 2.15. The number of benzene rings is 3. The molecule has 3 nitrogen and oxygen atoms in total. The summed E-state index contributed by atoms with van der Waals surface area (Å²) in [6, 6.07) is 23.7. The van der Waals surface area contributed by atoms with Crippen LogP contribution in [0.1, 0.15) is 149 Å². The Hall–Kier alpha value is -3.20. The second-order valence-electron chi connectivity index (χ2n) is 12.4. The fourth-order valence-electron chi connectivity index (χ4n) is 5.71. The fraction of sp³-hybridized carbons (Fsp3) is 0.512. The van der Waals surface area contributed by atoms with Crippen molar-refractivity contribution in [3.8, 4) is 16.9 Å². The average Bonchev–Trinajstić information content (AvgIpc) is 3.05. The molecule has 0 fully saturated rings. The van der Waals surface area contributed by atoms with Crippen molar-refractivity contribution in [2.45, 2.75) is 129 Å². The summed E-state index contributed by atoms with van der Waals surface area (Å²) >= 11 is 0. The van der Waals surface area contributed by atoms with Crippen LogP contribution in [0.5, 0.6) is 5.75 Å². The minimum Gasteiger partial charge on any atom is -0.494 e. The van der Waals surface area contributed by atoms with Gasteiger partial charge in [0.15, 0.2) is 11.6 Å². The molecule has 0 saturated carbocycles. The minimum absolute atomic E-state index is 0.145. The van der Waals surface area contributed by atoms with Crippen LogP contribution in [0, 0.1) is 0 Å². The molecule has 44 heavy (non-hydrogen) atoms. The Balaban J connectivity index is 1.38. The van der Waals surface area contributed by atoms with E-state index in [1.54, 1.807) is 12.1 Å². The van der Waals surface area contributed by atoms with Gasteiger partial charge in [0.05, 0.1) is 13.0 Å². The van der Waals surface area contributed by atoms with Gasteiger partial charge in [0, 0.05) is 11.1 Å². The molecule has 0 heterocycles. The van der Waals surface area contributed by atoms with E-state index < -0.39 is 0 Å². The summed E-state index contributed by atoms with van der Waals surface area (Å²) in [7, 11) is 0. The number of ketones is 2. The van der Waals surface area contributed by atoms with Crippen LogP contribution >= 0.6 is 0 Å². The van der Waals surface area contributed by atoms with Gasteiger partial charge in [-0.3, -0.25) is 9.59 Å². The number of hydrogen-bond acceptors (Lipinski definition) is 3. The number of aryl methyl sites for hydroxylation is 1. The van der Waals surface area contributed by atoms with E-state index in [2.05, 4.69) is 38.1 Å².